The van der Waals surface area contributed by atoms with Gasteiger partial charge in [0.05, 0.1) is 16.1 Å². The number of nitrogen functional groups attached to an aromatic ring is 1. The molecule has 1 aromatic heterocycles. The molecule has 0 atom stereocenters. The summed E-state index contributed by atoms with van der Waals surface area (Å²) in [6.45, 7) is -1.33. The number of thiophene rings is 1. The summed E-state index contributed by atoms with van der Waals surface area (Å²) in [4.78, 5) is 23.4. The Morgan fingerprint density at radius 3 is 2.40 bits per heavy atom. The van der Waals surface area contributed by atoms with Crippen molar-refractivity contribution in [1.82, 2.24) is 0 Å². The van der Waals surface area contributed by atoms with E-state index in [0.717, 1.165) is 24.2 Å². The number of rotatable bonds is 5. The molecule has 0 unspecified atom stereocenters. The SMILES string of the molecule is NC(=O)c1c(NCC(F)(F)F)sc(C(=O)C2CC2)c1N. The topological polar surface area (TPSA) is 98.2 Å². The van der Waals surface area contributed by atoms with E-state index in [1.54, 1.807) is 0 Å². The molecule has 1 heterocycles. The van der Waals surface area contributed by atoms with Crippen molar-refractivity contribution in [1.29, 1.82) is 0 Å². The summed E-state index contributed by atoms with van der Waals surface area (Å²) in [5.41, 5.74) is 10.4. The van der Waals surface area contributed by atoms with Crippen molar-refractivity contribution in [3.05, 3.63) is 10.4 Å². The molecule has 1 saturated carbocycles. The number of nitrogens with one attached hydrogen (secondary N) is 1. The van der Waals surface area contributed by atoms with Crippen molar-refractivity contribution in [2.45, 2.75) is 19.0 Å². The van der Waals surface area contributed by atoms with E-state index in [1.807, 2.05) is 0 Å². The van der Waals surface area contributed by atoms with Gasteiger partial charge >= 0.3 is 6.18 Å². The van der Waals surface area contributed by atoms with Gasteiger partial charge in [-0.3, -0.25) is 9.59 Å². The van der Waals surface area contributed by atoms with Gasteiger partial charge in [0.1, 0.15) is 11.5 Å². The number of hydrogen-bond acceptors (Lipinski definition) is 5. The van der Waals surface area contributed by atoms with E-state index >= 15 is 0 Å². The van der Waals surface area contributed by atoms with Crippen LogP contribution >= 0.6 is 11.3 Å². The number of halogens is 3. The molecule has 5 N–H and O–H groups in total. The highest BCUT2D eigenvalue weighted by atomic mass is 32.1. The van der Waals surface area contributed by atoms with Gasteiger partial charge in [-0.05, 0) is 12.8 Å². The first-order valence-corrected chi connectivity index (χ1v) is 6.59. The van der Waals surface area contributed by atoms with Gasteiger partial charge in [-0.15, -0.1) is 11.3 Å². The number of carbonyl (C=O) groups excluding carboxylic acids is 2. The van der Waals surface area contributed by atoms with Gasteiger partial charge in [-0.25, -0.2) is 0 Å². The van der Waals surface area contributed by atoms with Crippen LogP contribution in [0.25, 0.3) is 0 Å². The molecule has 20 heavy (non-hydrogen) atoms. The third-order valence-electron chi connectivity index (χ3n) is 2.81. The van der Waals surface area contributed by atoms with E-state index in [1.165, 1.54) is 0 Å². The maximum absolute atomic E-state index is 12.2. The number of alkyl halides is 3. The maximum atomic E-state index is 12.2. The molecule has 0 saturated heterocycles. The fourth-order valence-electron chi connectivity index (χ4n) is 1.71. The zero-order valence-electron chi connectivity index (χ0n) is 10.2. The van der Waals surface area contributed by atoms with Gasteiger partial charge in [0.25, 0.3) is 5.91 Å². The van der Waals surface area contributed by atoms with Crippen molar-refractivity contribution < 1.29 is 22.8 Å². The Labute approximate surface area is 116 Å². The lowest BCUT2D eigenvalue weighted by Crippen LogP contribution is -2.22. The van der Waals surface area contributed by atoms with Crippen LogP contribution in [-0.2, 0) is 0 Å². The van der Waals surface area contributed by atoms with Crippen LogP contribution in [0.2, 0.25) is 0 Å². The lowest BCUT2D eigenvalue weighted by atomic mass is 10.1. The van der Waals surface area contributed by atoms with Crippen LogP contribution in [0.5, 0.6) is 0 Å². The van der Waals surface area contributed by atoms with Crippen LogP contribution in [0.3, 0.4) is 0 Å². The predicted octanol–water partition coefficient (Wildman–Crippen LogP) is 2.00. The Kier molecular flexibility index (Phi) is 3.63. The molecule has 9 heteroatoms. The summed E-state index contributed by atoms with van der Waals surface area (Å²) < 4.78 is 36.6. The first-order valence-electron chi connectivity index (χ1n) is 5.77. The Morgan fingerprint density at radius 2 is 1.95 bits per heavy atom. The number of Topliss-reactive ketones (excluding diaryl/α,β-unsaturated/α-hetero) is 1. The number of hydrogen-bond donors (Lipinski definition) is 3. The fourth-order valence-corrected chi connectivity index (χ4v) is 2.85. The number of primary amides is 1. The zero-order chi connectivity index (χ0) is 15.1. The van der Waals surface area contributed by atoms with Gasteiger partial charge in [-0.1, -0.05) is 0 Å². The van der Waals surface area contributed by atoms with Gasteiger partial charge in [0.2, 0.25) is 0 Å². The molecule has 0 bridgehead atoms. The molecular formula is C11H12F3N3O2S. The van der Waals surface area contributed by atoms with E-state index < -0.39 is 18.6 Å². The quantitative estimate of drug-likeness (QED) is 0.725. The van der Waals surface area contributed by atoms with E-state index in [9.17, 15) is 22.8 Å². The summed E-state index contributed by atoms with van der Waals surface area (Å²) >= 11 is 0.745. The lowest BCUT2D eigenvalue weighted by Gasteiger charge is -2.08. The zero-order valence-corrected chi connectivity index (χ0v) is 11.0. The average molecular weight is 307 g/mol. The fraction of sp³-hybridized carbons (Fsp3) is 0.455. The number of carbonyl (C=O) groups is 2. The van der Waals surface area contributed by atoms with Crippen molar-refractivity contribution in [2.75, 3.05) is 17.6 Å². The normalized spacial score (nSPS) is 15.2. The van der Waals surface area contributed by atoms with Crippen molar-refractivity contribution in [3.63, 3.8) is 0 Å². The Morgan fingerprint density at radius 1 is 1.35 bits per heavy atom. The monoisotopic (exact) mass is 307 g/mol. The molecule has 5 nitrogen and oxygen atoms in total. The van der Waals surface area contributed by atoms with Crippen LogP contribution in [-0.4, -0.2) is 24.4 Å². The van der Waals surface area contributed by atoms with Crippen LogP contribution in [0.15, 0.2) is 0 Å². The average Bonchev–Trinajstić information content (AvgIpc) is 3.09. The molecule has 1 amide bonds. The molecule has 0 radical (unpaired) electrons. The second kappa shape index (κ2) is 4.97. The second-order valence-electron chi connectivity index (χ2n) is 4.52. The Bertz CT molecular complexity index is 564. The lowest BCUT2D eigenvalue weighted by molar-refractivity contribution is -0.115. The number of ketones is 1. The molecule has 1 aromatic rings. The molecular weight excluding hydrogens is 295 g/mol. The van der Waals surface area contributed by atoms with Gasteiger partial charge in [0.15, 0.2) is 5.78 Å². The molecule has 1 aliphatic carbocycles. The van der Waals surface area contributed by atoms with Crippen LogP contribution in [0.4, 0.5) is 23.9 Å². The molecule has 2 rings (SSSR count). The first kappa shape index (κ1) is 14.6. The maximum Gasteiger partial charge on any atom is 0.405 e. The minimum absolute atomic E-state index is 0.103. The number of nitrogens with two attached hydrogens (primary N) is 2. The van der Waals surface area contributed by atoms with E-state index in [-0.39, 0.29) is 32.8 Å². The highest BCUT2D eigenvalue weighted by molar-refractivity contribution is 7.19. The minimum Gasteiger partial charge on any atom is -0.397 e. The van der Waals surface area contributed by atoms with Crippen LogP contribution in [0, 0.1) is 5.92 Å². The summed E-state index contributed by atoms with van der Waals surface area (Å²) in [5.74, 6) is -1.35. The number of amides is 1. The smallest absolute Gasteiger partial charge is 0.397 e. The molecule has 1 fully saturated rings. The minimum atomic E-state index is -4.45. The van der Waals surface area contributed by atoms with E-state index in [2.05, 4.69) is 5.32 Å². The first-order chi connectivity index (χ1) is 9.20. The number of anilines is 2. The van der Waals surface area contributed by atoms with E-state index in [4.69, 9.17) is 11.5 Å². The van der Waals surface area contributed by atoms with Crippen LogP contribution in [0.1, 0.15) is 32.9 Å². The Hall–Kier alpha value is -1.77. The van der Waals surface area contributed by atoms with E-state index in [0.29, 0.717) is 0 Å². The molecule has 0 aromatic carbocycles. The highest BCUT2D eigenvalue weighted by Crippen LogP contribution is 2.41. The summed E-state index contributed by atoms with van der Waals surface area (Å²) in [7, 11) is 0. The van der Waals surface area contributed by atoms with Gasteiger partial charge < -0.3 is 16.8 Å². The summed E-state index contributed by atoms with van der Waals surface area (Å²) in [6.07, 6.45) is -2.99. The molecule has 0 aliphatic heterocycles. The summed E-state index contributed by atoms with van der Waals surface area (Å²) in [5, 5.41) is 1.96. The third kappa shape index (κ3) is 3.03. The van der Waals surface area contributed by atoms with Gasteiger partial charge in [0, 0.05) is 5.92 Å². The van der Waals surface area contributed by atoms with Crippen molar-refractivity contribution in [3.8, 4) is 0 Å². The second-order valence-corrected chi connectivity index (χ2v) is 5.54. The van der Waals surface area contributed by atoms with Crippen molar-refractivity contribution in [2.24, 2.45) is 11.7 Å². The van der Waals surface area contributed by atoms with Crippen molar-refractivity contribution >= 4 is 33.7 Å². The molecule has 1 aliphatic rings. The molecule has 110 valence electrons. The molecule has 0 spiro atoms. The summed E-state index contributed by atoms with van der Waals surface area (Å²) in [6, 6.07) is 0. The highest BCUT2D eigenvalue weighted by Gasteiger charge is 2.35. The largest absolute Gasteiger partial charge is 0.405 e. The predicted molar refractivity (Wildman–Crippen MR) is 68.8 cm³/mol. The van der Waals surface area contributed by atoms with Gasteiger partial charge in [-0.2, -0.15) is 13.2 Å². The Balaban J connectivity index is 2.32. The standard InChI is InChI=1S/C11H12F3N3O2S/c12-11(13,14)3-17-10-5(9(16)19)6(15)8(20-10)7(18)4-1-2-4/h4,17H,1-3,15H2,(H2,16,19). The van der Waals surface area contributed by atoms with Crippen LogP contribution < -0.4 is 16.8 Å². The third-order valence-corrected chi connectivity index (χ3v) is 3.99.